The number of nitrogens with two attached hydrogens (primary N) is 2. The lowest BCUT2D eigenvalue weighted by atomic mass is 10.0. The Morgan fingerprint density at radius 3 is 1.38 bits per heavy atom. The molecule has 2 amide bonds. The van der Waals surface area contributed by atoms with E-state index in [1.54, 1.807) is 9.80 Å². The molecule has 0 aromatic heterocycles. The summed E-state index contributed by atoms with van der Waals surface area (Å²) in [5.74, 6) is 1.89. The number of rotatable bonds is 0. The Hall–Kier alpha value is -2.38. The van der Waals surface area contributed by atoms with Gasteiger partial charge in [0.15, 0.2) is 0 Å². The molecule has 0 bridgehead atoms. The predicted molar refractivity (Wildman–Crippen MR) is 123 cm³/mol. The molecule has 8 nitrogen and oxygen atoms in total. The van der Waals surface area contributed by atoms with Crippen LogP contribution in [-0.4, -0.2) is 59.4 Å². The monoisotopic (exact) mass is 448 g/mol. The van der Waals surface area contributed by atoms with Gasteiger partial charge in [-0.25, -0.2) is 9.59 Å². The van der Waals surface area contributed by atoms with Crippen LogP contribution in [0.1, 0.15) is 54.4 Å². The van der Waals surface area contributed by atoms with Gasteiger partial charge in [-0.2, -0.15) is 0 Å². The molecular weight excluding hydrogens is 408 g/mol. The quantitative estimate of drug-likeness (QED) is 0.587. The van der Waals surface area contributed by atoms with E-state index in [1.807, 2.05) is 41.5 Å². The van der Waals surface area contributed by atoms with Crippen LogP contribution < -0.4 is 11.5 Å². The molecule has 180 valence electrons. The van der Waals surface area contributed by atoms with Gasteiger partial charge in [0, 0.05) is 49.4 Å². The Morgan fingerprint density at radius 2 is 1.09 bits per heavy atom. The molecule has 0 unspecified atom stereocenters. The minimum absolute atomic E-state index is 0.200. The Morgan fingerprint density at radius 1 is 0.750 bits per heavy atom. The van der Waals surface area contributed by atoms with Crippen LogP contribution in [-0.2, 0) is 9.47 Å². The molecule has 8 heteroatoms. The van der Waals surface area contributed by atoms with E-state index < -0.39 is 11.2 Å². The summed E-state index contributed by atoms with van der Waals surface area (Å²) < 4.78 is 10.7. The Kier molecular flexibility index (Phi) is 6.72. The molecule has 0 radical (unpaired) electrons. The maximum atomic E-state index is 11.8. The van der Waals surface area contributed by atoms with E-state index >= 15 is 0 Å². The molecule has 4 N–H and O–H groups in total. The number of carbonyl (C=O) groups excluding carboxylic acids is 2. The third kappa shape index (κ3) is 6.33. The van der Waals surface area contributed by atoms with Gasteiger partial charge in [0.1, 0.15) is 11.2 Å². The minimum atomic E-state index is -0.413. The van der Waals surface area contributed by atoms with Crippen molar-refractivity contribution in [1.82, 2.24) is 9.80 Å². The fourth-order valence-electron chi connectivity index (χ4n) is 4.85. The van der Waals surface area contributed by atoms with Gasteiger partial charge in [-0.1, -0.05) is 12.2 Å². The normalized spacial score (nSPS) is 28.9. The molecule has 2 saturated heterocycles. The maximum Gasteiger partial charge on any atom is 0.410 e. The SMILES string of the molecule is CC(C)(C)OC(=O)N1C[C@@H]2CC(N)=C[C@H]2C1.CC(C)(C)OC(=O)N1C[C@H]2CC(N)=C[C@@H]2C1. The van der Waals surface area contributed by atoms with E-state index in [2.05, 4.69) is 12.2 Å². The average molecular weight is 449 g/mol. The highest BCUT2D eigenvalue weighted by atomic mass is 16.6. The van der Waals surface area contributed by atoms with E-state index in [9.17, 15) is 9.59 Å². The molecule has 4 rings (SSSR count). The highest BCUT2D eigenvalue weighted by Crippen LogP contribution is 2.36. The van der Waals surface area contributed by atoms with E-state index in [4.69, 9.17) is 20.9 Å². The van der Waals surface area contributed by atoms with E-state index in [-0.39, 0.29) is 12.2 Å². The van der Waals surface area contributed by atoms with Crippen molar-refractivity contribution in [1.29, 1.82) is 0 Å². The lowest BCUT2D eigenvalue weighted by molar-refractivity contribution is 0.0274. The largest absolute Gasteiger partial charge is 0.444 e. The standard InChI is InChI=1S/2C12H20N2O2/c2*1-12(2,3)16-11(15)14-6-8-4-10(13)5-9(8)7-14/h2*4,8-9H,5-7,13H2,1-3H3/t2*8-,9-/m10/s1. The summed E-state index contributed by atoms with van der Waals surface area (Å²) in [6, 6.07) is 0. The summed E-state index contributed by atoms with van der Waals surface area (Å²) in [7, 11) is 0. The number of hydrogen-bond donors (Lipinski definition) is 2. The summed E-state index contributed by atoms with van der Waals surface area (Å²) >= 11 is 0. The smallest absolute Gasteiger partial charge is 0.410 e. The van der Waals surface area contributed by atoms with Crippen molar-refractivity contribution in [2.45, 2.75) is 65.6 Å². The Labute approximate surface area is 191 Å². The first-order valence-electron chi connectivity index (χ1n) is 11.6. The molecule has 4 aliphatic rings. The summed E-state index contributed by atoms with van der Waals surface area (Å²) in [6.07, 6.45) is 5.63. The molecule has 32 heavy (non-hydrogen) atoms. The lowest BCUT2D eigenvalue weighted by Gasteiger charge is -2.24. The van der Waals surface area contributed by atoms with Crippen molar-refractivity contribution in [2.24, 2.45) is 35.1 Å². The zero-order chi connectivity index (χ0) is 23.8. The van der Waals surface area contributed by atoms with Gasteiger partial charge in [0.25, 0.3) is 0 Å². The van der Waals surface area contributed by atoms with Crippen molar-refractivity contribution in [3.05, 3.63) is 23.5 Å². The van der Waals surface area contributed by atoms with Crippen LogP contribution >= 0.6 is 0 Å². The molecule has 0 saturated carbocycles. The Balaban J connectivity index is 0.000000181. The van der Waals surface area contributed by atoms with Gasteiger partial charge in [-0.05, 0) is 66.2 Å². The summed E-state index contributed by atoms with van der Waals surface area (Å²) in [5, 5.41) is 0. The van der Waals surface area contributed by atoms with E-state index in [0.717, 1.165) is 50.4 Å². The fraction of sp³-hybridized carbons (Fsp3) is 0.750. The van der Waals surface area contributed by atoms with Gasteiger partial charge in [0.05, 0.1) is 0 Å². The summed E-state index contributed by atoms with van der Waals surface area (Å²) in [6.45, 7) is 14.4. The van der Waals surface area contributed by atoms with Gasteiger partial charge in [-0.3, -0.25) is 0 Å². The van der Waals surface area contributed by atoms with Crippen molar-refractivity contribution < 1.29 is 19.1 Å². The Bertz CT molecular complexity index is 727. The molecule has 0 aromatic rings. The second-order valence-electron chi connectivity index (χ2n) is 11.5. The molecule has 2 heterocycles. The number of allylic oxidation sites excluding steroid dienone is 2. The zero-order valence-electron chi connectivity index (χ0n) is 20.4. The lowest BCUT2D eigenvalue weighted by Crippen LogP contribution is -2.35. The first kappa shape index (κ1) is 24.3. The van der Waals surface area contributed by atoms with Crippen LogP contribution in [0.25, 0.3) is 0 Å². The second kappa shape index (κ2) is 8.87. The molecule has 2 fully saturated rings. The van der Waals surface area contributed by atoms with Crippen LogP contribution in [0.2, 0.25) is 0 Å². The number of nitrogens with zero attached hydrogens (tertiary/aromatic N) is 2. The van der Waals surface area contributed by atoms with Crippen molar-refractivity contribution in [3.63, 3.8) is 0 Å². The van der Waals surface area contributed by atoms with Gasteiger partial charge >= 0.3 is 12.2 Å². The van der Waals surface area contributed by atoms with Crippen LogP contribution in [0.15, 0.2) is 23.5 Å². The fourth-order valence-corrected chi connectivity index (χ4v) is 4.85. The van der Waals surface area contributed by atoms with Gasteiger partial charge in [0.2, 0.25) is 0 Å². The minimum Gasteiger partial charge on any atom is -0.444 e. The van der Waals surface area contributed by atoms with Crippen molar-refractivity contribution >= 4 is 12.2 Å². The molecule has 2 aliphatic heterocycles. The van der Waals surface area contributed by atoms with Crippen LogP contribution in [0.4, 0.5) is 9.59 Å². The molecule has 0 spiro atoms. The van der Waals surface area contributed by atoms with Crippen molar-refractivity contribution in [2.75, 3.05) is 26.2 Å². The first-order chi connectivity index (χ1) is 14.7. The van der Waals surface area contributed by atoms with Crippen LogP contribution in [0.5, 0.6) is 0 Å². The third-order valence-corrected chi connectivity index (χ3v) is 6.14. The summed E-state index contributed by atoms with van der Waals surface area (Å²) in [5.41, 5.74) is 12.7. The van der Waals surface area contributed by atoms with Gasteiger partial charge in [-0.15, -0.1) is 0 Å². The number of likely N-dealkylation sites (tertiary alicyclic amines) is 2. The molecule has 4 atom stereocenters. The number of carbonyl (C=O) groups is 2. The highest BCUT2D eigenvalue weighted by molar-refractivity contribution is 5.69. The van der Waals surface area contributed by atoms with Gasteiger partial charge < -0.3 is 30.7 Å². The molecule has 2 aliphatic carbocycles. The highest BCUT2D eigenvalue weighted by Gasteiger charge is 2.40. The molecular formula is C24H40N4O4. The number of amides is 2. The average Bonchev–Trinajstić information content (AvgIpc) is 3.30. The number of ether oxygens (including phenoxy) is 2. The topological polar surface area (TPSA) is 111 Å². The van der Waals surface area contributed by atoms with E-state index in [0.29, 0.717) is 23.7 Å². The van der Waals surface area contributed by atoms with E-state index in [1.165, 1.54) is 0 Å². The van der Waals surface area contributed by atoms with Crippen molar-refractivity contribution in [3.8, 4) is 0 Å². The van der Waals surface area contributed by atoms with Crippen LogP contribution in [0, 0.1) is 23.7 Å². The zero-order valence-corrected chi connectivity index (χ0v) is 20.4. The number of fused-ring (bicyclic) bond motifs is 2. The predicted octanol–water partition coefficient (Wildman–Crippen LogP) is 3.43. The number of hydrogen-bond acceptors (Lipinski definition) is 6. The summed E-state index contributed by atoms with van der Waals surface area (Å²) in [4.78, 5) is 27.2. The maximum absolute atomic E-state index is 11.8. The van der Waals surface area contributed by atoms with Crippen LogP contribution in [0.3, 0.4) is 0 Å². The second-order valence-corrected chi connectivity index (χ2v) is 11.5. The first-order valence-corrected chi connectivity index (χ1v) is 11.6. The molecule has 0 aromatic carbocycles. The third-order valence-electron chi connectivity index (χ3n) is 6.14.